The Morgan fingerprint density at radius 3 is 2.65 bits per heavy atom. The van der Waals surface area contributed by atoms with Gasteiger partial charge in [0.15, 0.2) is 5.82 Å². The van der Waals surface area contributed by atoms with Crippen LogP contribution in [0.4, 0.5) is 0 Å². The molecule has 1 aliphatic rings. The number of benzene rings is 1. The van der Waals surface area contributed by atoms with Crippen molar-refractivity contribution in [2.45, 2.75) is 31.7 Å². The fourth-order valence-corrected chi connectivity index (χ4v) is 1.89. The van der Waals surface area contributed by atoms with Gasteiger partial charge in [-0.2, -0.15) is 5.10 Å². The summed E-state index contributed by atoms with van der Waals surface area (Å²) in [7, 11) is 0. The molecule has 17 heavy (non-hydrogen) atoms. The lowest BCUT2D eigenvalue weighted by atomic mass is 10.1. The highest BCUT2D eigenvalue weighted by atomic mass is 15.2. The summed E-state index contributed by atoms with van der Waals surface area (Å²) >= 11 is 0. The van der Waals surface area contributed by atoms with E-state index in [4.69, 9.17) is 5.73 Å². The van der Waals surface area contributed by atoms with E-state index in [-0.39, 0.29) is 6.04 Å². The van der Waals surface area contributed by atoms with Gasteiger partial charge in [-0.25, -0.2) is 4.98 Å². The highest BCUT2D eigenvalue weighted by Gasteiger charge is 2.28. The molecule has 88 valence electrons. The second-order valence-electron chi connectivity index (χ2n) is 4.74. The quantitative estimate of drug-likeness (QED) is 0.844. The number of hydrogen-bond donors (Lipinski definition) is 2. The number of hydrogen-bond acceptors (Lipinski definition) is 3. The van der Waals surface area contributed by atoms with Crippen LogP contribution in [0, 0.1) is 6.92 Å². The van der Waals surface area contributed by atoms with Crippen LogP contribution in [-0.2, 0) is 0 Å². The maximum Gasteiger partial charge on any atom is 0.171 e. The average Bonchev–Trinajstić information content (AvgIpc) is 3.07. The van der Waals surface area contributed by atoms with Gasteiger partial charge in [0, 0.05) is 5.92 Å². The largest absolute Gasteiger partial charge is 0.318 e. The van der Waals surface area contributed by atoms with Gasteiger partial charge in [0.05, 0.1) is 6.04 Å². The normalized spacial score (nSPS) is 17.1. The Bertz CT molecular complexity index is 510. The van der Waals surface area contributed by atoms with Gasteiger partial charge in [-0.05, 0) is 25.3 Å². The van der Waals surface area contributed by atoms with E-state index in [0.29, 0.717) is 11.7 Å². The molecule has 1 aromatic carbocycles. The molecule has 0 aliphatic heterocycles. The van der Waals surface area contributed by atoms with Gasteiger partial charge in [-0.1, -0.05) is 29.8 Å². The summed E-state index contributed by atoms with van der Waals surface area (Å²) in [6.07, 6.45) is 2.43. The van der Waals surface area contributed by atoms with Gasteiger partial charge < -0.3 is 5.73 Å². The molecule has 2 aromatic rings. The van der Waals surface area contributed by atoms with Gasteiger partial charge in [0.2, 0.25) is 0 Å². The number of aryl methyl sites for hydroxylation is 1. The maximum absolute atomic E-state index is 6.16. The van der Waals surface area contributed by atoms with Crippen LogP contribution in [0.25, 0.3) is 0 Å². The lowest BCUT2D eigenvalue weighted by Crippen LogP contribution is -2.13. The maximum atomic E-state index is 6.16. The van der Waals surface area contributed by atoms with Gasteiger partial charge in [0.1, 0.15) is 5.82 Å². The number of aromatic amines is 1. The monoisotopic (exact) mass is 228 g/mol. The third-order valence-electron chi connectivity index (χ3n) is 3.20. The Hall–Kier alpha value is -1.68. The predicted molar refractivity (Wildman–Crippen MR) is 65.6 cm³/mol. The van der Waals surface area contributed by atoms with Gasteiger partial charge in [0.25, 0.3) is 0 Å². The minimum absolute atomic E-state index is 0.237. The van der Waals surface area contributed by atoms with Crippen LogP contribution in [0.1, 0.15) is 47.6 Å². The zero-order valence-corrected chi connectivity index (χ0v) is 9.85. The average molecular weight is 228 g/mol. The first-order valence-electron chi connectivity index (χ1n) is 5.98. The number of nitrogens with zero attached hydrogens (tertiary/aromatic N) is 2. The van der Waals surface area contributed by atoms with E-state index in [1.54, 1.807) is 0 Å². The van der Waals surface area contributed by atoms with Crippen molar-refractivity contribution in [3.63, 3.8) is 0 Å². The standard InChI is InChI=1S/C13H16N4/c1-8-2-4-9(5-3-8)11(14)13-15-12(16-17-13)10-6-7-10/h2-5,10-11H,6-7,14H2,1H3,(H,15,16,17)/t11-/m0/s1. The molecule has 1 aliphatic carbocycles. The molecule has 3 N–H and O–H groups in total. The first-order chi connectivity index (χ1) is 8.24. The highest BCUT2D eigenvalue weighted by Crippen LogP contribution is 2.38. The topological polar surface area (TPSA) is 67.6 Å². The molecular formula is C13H16N4. The van der Waals surface area contributed by atoms with Crippen molar-refractivity contribution in [3.05, 3.63) is 47.0 Å². The van der Waals surface area contributed by atoms with Crippen LogP contribution in [-0.4, -0.2) is 15.2 Å². The minimum atomic E-state index is -0.237. The summed E-state index contributed by atoms with van der Waals surface area (Å²) in [5, 5.41) is 7.20. The Balaban J connectivity index is 1.84. The van der Waals surface area contributed by atoms with E-state index in [2.05, 4.69) is 34.2 Å². The Kier molecular flexibility index (Phi) is 2.44. The third-order valence-corrected chi connectivity index (χ3v) is 3.20. The number of nitrogens with one attached hydrogen (secondary N) is 1. The molecular weight excluding hydrogens is 212 g/mol. The van der Waals surface area contributed by atoms with Gasteiger partial charge in [-0.3, -0.25) is 5.10 Å². The van der Waals surface area contributed by atoms with Crippen molar-refractivity contribution >= 4 is 0 Å². The molecule has 4 nitrogen and oxygen atoms in total. The predicted octanol–water partition coefficient (Wildman–Crippen LogP) is 2.04. The summed E-state index contributed by atoms with van der Waals surface area (Å²) in [5.74, 6) is 2.26. The van der Waals surface area contributed by atoms with Crippen LogP contribution >= 0.6 is 0 Å². The van der Waals surface area contributed by atoms with E-state index in [0.717, 1.165) is 11.4 Å². The fourth-order valence-electron chi connectivity index (χ4n) is 1.89. The summed E-state index contributed by atoms with van der Waals surface area (Å²) in [6.45, 7) is 2.06. The van der Waals surface area contributed by atoms with E-state index in [1.807, 2.05) is 12.1 Å². The molecule has 3 rings (SSSR count). The molecule has 4 heteroatoms. The SMILES string of the molecule is Cc1ccc([C@H](N)c2n[nH]c(C3CC3)n2)cc1. The second-order valence-corrected chi connectivity index (χ2v) is 4.74. The lowest BCUT2D eigenvalue weighted by molar-refractivity contribution is 0.786. The first-order valence-corrected chi connectivity index (χ1v) is 5.98. The summed E-state index contributed by atoms with van der Waals surface area (Å²) < 4.78 is 0. The Morgan fingerprint density at radius 1 is 1.29 bits per heavy atom. The van der Waals surface area contributed by atoms with E-state index in [9.17, 15) is 0 Å². The number of nitrogens with two attached hydrogens (primary N) is 1. The first kappa shape index (κ1) is 10.5. The molecule has 0 saturated heterocycles. The molecule has 0 spiro atoms. The fraction of sp³-hybridized carbons (Fsp3) is 0.385. The Labute approximate surface area is 100 Å². The van der Waals surface area contributed by atoms with Crippen molar-refractivity contribution < 1.29 is 0 Å². The van der Waals surface area contributed by atoms with E-state index in [1.165, 1.54) is 18.4 Å². The number of aromatic nitrogens is 3. The van der Waals surface area contributed by atoms with Gasteiger partial charge >= 0.3 is 0 Å². The molecule has 1 fully saturated rings. The summed E-state index contributed by atoms with van der Waals surface area (Å²) in [6, 6.07) is 7.95. The van der Waals surface area contributed by atoms with Crippen LogP contribution in [0.3, 0.4) is 0 Å². The van der Waals surface area contributed by atoms with Crippen LogP contribution in [0.5, 0.6) is 0 Å². The molecule has 0 radical (unpaired) electrons. The smallest absolute Gasteiger partial charge is 0.171 e. The minimum Gasteiger partial charge on any atom is -0.318 e. The van der Waals surface area contributed by atoms with Crippen LogP contribution in [0.15, 0.2) is 24.3 Å². The number of rotatable bonds is 3. The van der Waals surface area contributed by atoms with Crippen molar-refractivity contribution in [1.82, 2.24) is 15.2 Å². The lowest BCUT2D eigenvalue weighted by Gasteiger charge is -2.07. The molecule has 0 amide bonds. The second kappa shape index (κ2) is 3.96. The third kappa shape index (κ3) is 2.08. The molecule has 0 unspecified atom stereocenters. The molecule has 0 bridgehead atoms. The summed E-state index contributed by atoms with van der Waals surface area (Å²) in [4.78, 5) is 4.48. The van der Waals surface area contributed by atoms with Gasteiger partial charge in [-0.15, -0.1) is 0 Å². The van der Waals surface area contributed by atoms with Crippen molar-refractivity contribution in [1.29, 1.82) is 0 Å². The molecule has 1 atom stereocenters. The van der Waals surface area contributed by atoms with Crippen LogP contribution in [0.2, 0.25) is 0 Å². The highest BCUT2D eigenvalue weighted by molar-refractivity contribution is 5.27. The van der Waals surface area contributed by atoms with E-state index < -0.39 is 0 Å². The van der Waals surface area contributed by atoms with Crippen molar-refractivity contribution in [2.75, 3.05) is 0 Å². The molecule has 1 aromatic heterocycles. The zero-order chi connectivity index (χ0) is 11.8. The van der Waals surface area contributed by atoms with Crippen LogP contribution < -0.4 is 5.73 Å². The van der Waals surface area contributed by atoms with E-state index >= 15 is 0 Å². The zero-order valence-electron chi connectivity index (χ0n) is 9.85. The molecule has 1 heterocycles. The number of H-pyrrole nitrogens is 1. The summed E-state index contributed by atoms with van der Waals surface area (Å²) in [5.41, 5.74) is 8.44. The van der Waals surface area contributed by atoms with Crippen molar-refractivity contribution in [3.8, 4) is 0 Å². The molecule has 1 saturated carbocycles. The Morgan fingerprint density at radius 2 is 2.00 bits per heavy atom. The van der Waals surface area contributed by atoms with Crippen molar-refractivity contribution in [2.24, 2.45) is 5.73 Å².